The highest BCUT2D eigenvalue weighted by Crippen LogP contribution is 2.19. The molecule has 2 unspecified atom stereocenters. The van der Waals surface area contributed by atoms with Crippen LogP contribution in [0.3, 0.4) is 0 Å². The van der Waals surface area contributed by atoms with E-state index in [9.17, 15) is 0 Å². The zero-order valence-electron chi connectivity index (χ0n) is 14.0. The van der Waals surface area contributed by atoms with Crippen molar-refractivity contribution in [3.05, 3.63) is 34.9 Å². The van der Waals surface area contributed by atoms with E-state index in [0.717, 1.165) is 31.2 Å². The molecule has 1 aromatic carbocycles. The number of piperidine rings is 1. The molecule has 1 aromatic rings. The van der Waals surface area contributed by atoms with Gasteiger partial charge in [0.05, 0.1) is 18.3 Å². The lowest BCUT2D eigenvalue weighted by Gasteiger charge is -2.34. The average Bonchev–Trinajstić information content (AvgIpc) is 2.61. The SMILES string of the molecule is CNC(NCC1CCCN(Cc2ccc(Cl)cc2)C1)C(C#N)C#N. The Labute approximate surface area is 149 Å². The van der Waals surface area contributed by atoms with Gasteiger partial charge in [0.15, 0.2) is 5.92 Å². The first-order chi connectivity index (χ1) is 11.7. The van der Waals surface area contributed by atoms with Crippen LogP contribution in [0.5, 0.6) is 0 Å². The van der Waals surface area contributed by atoms with Gasteiger partial charge in [-0.2, -0.15) is 10.5 Å². The summed E-state index contributed by atoms with van der Waals surface area (Å²) in [7, 11) is 1.77. The van der Waals surface area contributed by atoms with Crippen LogP contribution in [0.15, 0.2) is 24.3 Å². The summed E-state index contributed by atoms with van der Waals surface area (Å²) in [6, 6.07) is 12.1. The van der Waals surface area contributed by atoms with E-state index in [2.05, 4.69) is 27.7 Å². The lowest BCUT2D eigenvalue weighted by Crippen LogP contribution is -2.49. The van der Waals surface area contributed by atoms with E-state index in [1.165, 1.54) is 18.4 Å². The maximum Gasteiger partial charge on any atom is 0.161 e. The Morgan fingerprint density at radius 3 is 2.62 bits per heavy atom. The zero-order chi connectivity index (χ0) is 17.4. The van der Waals surface area contributed by atoms with Gasteiger partial charge in [-0.25, -0.2) is 0 Å². The first-order valence-corrected chi connectivity index (χ1v) is 8.70. The second-order valence-electron chi connectivity index (χ2n) is 6.28. The predicted octanol–water partition coefficient (Wildman–Crippen LogP) is 2.35. The van der Waals surface area contributed by atoms with Crippen LogP contribution < -0.4 is 10.6 Å². The number of benzene rings is 1. The van der Waals surface area contributed by atoms with Crippen LogP contribution in [0, 0.1) is 34.5 Å². The van der Waals surface area contributed by atoms with Crippen LogP contribution in [0.25, 0.3) is 0 Å². The standard InChI is InChI=1S/C18H24ClN5/c1-22-18(16(9-20)10-21)23-11-15-3-2-8-24(13-15)12-14-4-6-17(19)7-5-14/h4-7,15-16,18,22-23H,2-3,8,11-13H2,1H3. The molecule has 0 aliphatic carbocycles. The fourth-order valence-corrected chi connectivity index (χ4v) is 3.29. The van der Waals surface area contributed by atoms with Crippen LogP contribution in [0.4, 0.5) is 0 Å². The number of likely N-dealkylation sites (tertiary alicyclic amines) is 1. The number of rotatable bonds is 7. The summed E-state index contributed by atoms with van der Waals surface area (Å²) in [5, 5.41) is 25.2. The minimum atomic E-state index is -0.677. The molecule has 0 aromatic heterocycles. The van der Waals surface area contributed by atoms with Gasteiger partial charge in [0.1, 0.15) is 0 Å². The fourth-order valence-electron chi connectivity index (χ4n) is 3.17. The molecule has 5 nitrogen and oxygen atoms in total. The molecule has 0 radical (unpaired) electrons. The van der Waals surface area contributed by atoms with Crippen molar-refractivity contribution in [1.29, 1.82) is 10.5 Å². The highest BCUT2D eigenvalue weighted by Gasteiger charge is 2.23. The smallest absolute Gasteiger partial charge is 0.161 e. The topological polar surface area (TPSA) is 74.9 Å². The molecule has 2 N–H and O–H groups in total. The van der Waals surface area contributed by atoms with E-state index in [1.54, 1.807) is 7.05 Å². The Morgan fingerprint density at radius 1 is 1.29 bits per heavy atom. The summed E-state index contributed by atoms with van der Waals surface area (Å²) in [4.78, 5) is 2.46. The van der Waals surface area contributed by atoms with Crippen molar-refractivity contribution in [2.75, 3.05) is 26.7 Å². The van der Waals surface area contributed by atoms with Crippen LogP contribution in [0.2, 0.25) is 5.02 Å². The van der Waals surface area contributed by atoms with Gasteiger partial charge >= 0.3 is 0 Å². The summed E-state index contributed by atoms with van der Waals surface area (Å²) in [6.07, 6.45) is 2.06. The number of hydrogen-bond donors (Lipinski definition) is 2. The Bertz CT molecular complexity index is 575. The molecule has 128 valence electrons. The fraction of sp³-hybridized carbons (Fsp3) is 0.556. The molecular formula is C18H24ClN5. The summed E-state index contributed by atoms with van der Waals surface area (Å²) in [5.41, 5.74) is 1.27. The molecule has 2 rings (SSSR count). The highest BCUT2D eigenvalue weighted by atomic mass is 35.5. The van der Waals surface area contributed by atoms with E-state index >= 15 is 0 Å². The van der Waals surface area contributed by atoms with Crippen LogP contribution in [0.1, 0.15) is 18.4 Å². The first-order valence-electron chi connectivity index (χ1n) is 8.33. The maximum absolute atomic E-state index is 9.02. The molecule has 0 spiro atoms. The van der Waals surface area contributed by atoms with Crippen molar-refractivity contribution in [3.63, 3.8) is 0 Å². The average molecular weight is 346 g/mol. The van der Waals surface area contributed by atoms with Gasteiger partial charge in [-0.15, -0.1) is 0 Å². The molecule has 0 saturated carbocycles. The molecule has 1 aliphatic rings. The van der Waals surface area contributed by atoms with Crippen molar-refractivity contribution < 1.29 is 0 Å². The largest absolute Gasteiger partial charge is 0.303 e. The summed E-state index contributed by atoms with van der Waals surface area (Å²) in [6.45, 7) is 3.87. The molecule has 0 bridgehead atoms. The van der Waals surface area contributed by atoms with Gasteiger partial charge in [0, 0.05) is 24.7 Å². The molecule has 2 atom stereocenters. The van der Waals surface area contributed by atoms with Crippen LogP contribution in [-0.2, 0) is 6.54 Å². The third-order valence-corrected chi connectivity index (χ3v) is 4.72. The quantitative estimate of drug-likeness (QED) is 0.742. The first kappa shape index (κ1) is 18.7. The number of hydrogen-bond acceptors (Lipinski definition) is 5. The molecule has 1 saturated heterocycles. The molecule has 6 heteroatoms. The van der Waals surface area contributed by atoms with E-state index < -0.39 is 5.92 Å². The number of nitrogens with zero attached hydrogens (tertiary/aromatic N) is 3. The third kappa shape index (κ3) is 5.47. The van der Waals surface area contributed by atoms with Gasteiger partial charge in [0.25, 0.3) is 0 Å². The minimum Gasteiger partial charge on any atom is -0.303 e. The van der Waals surface area contributed by atoms with E-state index in [-0.39, 0.29) is 6.17 Å². The molecule has 0 amide bonds. The Morgan fingerprint density at radius 2 is 2.00 bits per heavy atom. The Kier molecular flexibility index (Phi) is 7.49. The van der Waals surface area contributed by atoms with Gasteiger partial charge < -0.3 is 5.32 Å². The lowest BCUT2D eigenvalue weighted by atomic mass is 9.97. The molecule has 24 heavy (non-hydrogen) atoms. The number of nitriles is 2. The minimum absolute atomic E-state index is 0.286. The summed E-state index contributed by atoms with van der Waals surface area (Å²) >= 11 is 5.94. The van der Waals surface area contributed by atoms with E-state index in [4.69, 9.17) is 22.1 Å². The van der Waals surface area contributed by atoms with Crippen molar-refractivity contribution in [2.45, 2.75) is 25.6 Å². The van der Waals surface area contributed by atoms with E-state index in [1.807, 2.05) is 24.3 Å². The van der Waals surface area contributed by atoms with Gasteiger partial charge in [-0.05, 0) is 50.0 Å². The highest BCUT2D eigenvalue weighted by molar-refractivity contribution is 6.30. The molecular weight excluding hydrogens is 322 g/mol. The van der Waals surface area contributed by atoms with Gasteiger partial charge in [-0.3, -0.25) is 10.2 Å². The summed E-state index contributed by atoms with van der Waals surface area (Å²) < 4.78 is 0. The van der Waals surface area contributed by atoms with Gasteiger partial charge in [-0.1, -0.05) is 23.7 Å². The molecule has 1 fully saturated rings. The predicted molar refractivity (Wildman–Crippen MR) is 95.0 cm³/mol. The lowest BCUT2D eigenvalue weighted by molar-refractivity contribution is 0.161. The zero-order valence-corrected chi connectivity index (χ0v) is 14.8. The number of halogens is 1. The second kappa shape index (κ2) is 9.61. The van der Waals surface area contributed by atoms with E-state index in [0.29, 0.717) is 5.92 Å². The Balaban J connectivity index is 1.83. The third-order valence-electron chi connectivity index (χ3n) is 4.47. The summed E-state index contributed by atoms with van der Waals surface area (Å²) in [5.74, 6) is -0.149. The monoisotopic (exact) mass is 345 g/mol. The normalized spacial score (nSPS) is 19.6. The maximum atomic E-state index is 9.02. The molecule has 1 aliphatic heterocycles. The van der Waals surface area contributed by atoms with Crippen LogP contribution in [-0.4, -0.2) is 37.7 Å². The number of nitrogens with one attached hydrogen (secondary N) is 2. The second-order valence-corrected chi connectivity index (χ2v) is 6.72. The Hall–Kier alpha value is -1.63. The van der Waals surface area contributed by atoms with Crippen molar-refractivity contribution in [3.8, 4) is 12.1 Å². The van der Waals surface area contributed by atoms with Crippen molar-refractivity contribution >= 4 is 11.6 Å². The van der Waals surface area contributed by atoms with Crippen molar-refractivity contribution in [1.82, 2.24) is 15.5 Å². The van der Waals surface area contributed by atoms with Crippen LogP contribution >= 0.6 is 11.6 Å². The van der Waals surface area contributed by atoms with Gasteiger partial charge in [0.2, 0.25) is 0 Å². The molecule has 1 heterocycles. The van der Waals surface area contributed by atoms with Crippen molar-refractivity contribution in [2.24, 2.45) is 11.8 Å².